The van der Waals surface area contributed by atoms with Crippen LogP contribution in [0, 0.1) is 23.7 Å². The summed E-state index contributed by atoms with van der Waals surface area (Å²) in [4.78, 5) is 63.6. The molecule has 2 fully saturated rings. The second-order valence-corrected chi connectivity index (χ2v) is 17.7. The van der Waals surface area contributed by atoms with Crippen molar-refractivity contribution in [2.24, 2.45) is 45.1 Å². The van der Waals surface area contributed by atoms with E-state index in [1.54, 1.807) is 27.9 Å². The molecule has 2 saturated heterocycles. The standard InChI is InChI=1S/C25H30N4O2.C21H24N4O.C4H7ClO.CH4/c1-17(2)22(30)29-14-12-20(13-15-29)25(23(31)28(3)24(26)27-25)21-11-7-10-19(16-21)18-8-5-4-6-9-18;1-25-19(26)21(24-20(25)22,17-10-12-23-13-11-17)18-9-5-8-16(14-18)15-6-3-2-4-7-15;1-3(2)4(5)6;/h4-11,16-17,20H,12-15H2,1-3H3,(H2,26,27);2-9,14,17,23H,10-13H2,1H3,(H2,22,24);3H,1-2H3;1H4. The van der Waals surface area contributed by atoms with Crippen molar-refractivity contribution >= 4 is 46.5 Å². The van der Waals surface area contributed by atoms with Crippen LogP contribution in [0.3, 0.4) is 0 Å². The lowest BCUT2D eigenvalue weighted by Crippen LogP contribution is -2.50. The second kappa shape index (κ2) is 21.2. The van der Waals surface area contributed by atoms with E-state index in [2.05, 4.69) is 47.8 Å². The van der Waals surface area contributed by atoms with Gasteiger partial charge < -0.3 is 21.7 Å². The molecule has 64 heavy (non-hydrogen) atoms. The van der Waals surface area contributed by atoms with Crippen molar-refractivity contribution < 1.29 is 19.2 Å². The first-order valence-electron chi connectivity index (χ1n) is 21.9. The number of hydrogen-bond donors (Lipinski definition) is 3. The average molecular weight is 890 g/mol. The predicted molar refractivity (Wildman–Crippen MR) is 258 cm³/mol. The summed E-state index contributed by atoms with van der Waals surface area (Å²) in [6, 6.07) is 36.6. The van der Waals surface area contributed by atoms with Gasteiger partial charge in [-0.15, -0.1) is 0 Å². The molecule has 0 aliphatic carbocycles. The first-order chi connectivity index (χ1) is 30.1. The topological polar surface area (TPSA) is 167 Å². The van der Waals surface area contributed by atoms with Gasteiger partial charge >= 0.3 is 0 Å². The van der Waals surface area contributed by atoms with Crippen molar-refractivity contribution in [2.75, 3.05) is 40.3 Å². The normalized spacial score (nSPS) is 21.4. The zero-order valence-corrected chi connectivity index (χ0v) is 38.0. The van der Waals surface area contributed by atoms with Crippen LogP contribution in [0.5, 0.6) is 0 Å². The van der Waals surface area contributed by atoms with E-state index in [4.69, 9.17) is 33.1 Å². The number of nitrogens with two attached hydrogens (primary N) is 2. The number of benzene rings is 4. The third kappa shape index (κ3) is 10.1. The van der Waals surface area contributed by atoms with Crippen LogP contribution >= 0.6 is 11.6 Å². The molecule has 0 bridgehead atoms. The number of likely N-dealkylation sites (N-methyl/N-ethyl adjacent to an activating group) is 2. The van der Waals surface area contributed by atoms with Gasteiger partial charge in [0.15, 0.2) is 23.0 Å². The number of nitrogens with zero attached hydrogens (tertiary/aromatic N) is 5. The maximum Gasteiger partial charge on any atom is 0.261 e. The second-order valence-electron chi connectivity index (χ2n) is 17.3. The number of piperidine rings is 2. The van der Waals surface area contributed by atoms with Crippen molar-refractivity contribution in [1.82, 2.24) is 20.0 Å². The van der Waals surface area contributed by atoms with E-state index in [-0.39, 0.29) is 60.0 Å². The third-order valence-electron chi connectivity index (χ3n) is 12.6. The van der Waals surface area contributed by atoms with Gasteiger partial charge in [0.2, 0.25) is 11.1 Å². The average Bonchev–Trinajstić information content (AvgIpc) is 3.69. The largest absolute Gasteiger partial charge is 0.369 e. The van der Waals surface area contributed by atoms with Crippen LogP contribution in [-0.2, 0) is 30.3 Å². The van der Waals surface area contributed by atoms with E-state index < -0.39 is 11.1 Å². The van der Waals surface area contributed by atoms with Crippen LogP contribution in [0.15, 0.2) is 119 Å². The number of carbonyl (C=O) groups is 4. The molecule has 12 nitrogen and oxygen atoms in total. The highest BCUT2D eigenvalue weighted by atomic mass is 35.5. The van der Waals surface area contributed by atoms with Gasteiger partial charge in [0.05, 0.1) is 0 Å². The quantitative estimate of drug-likeness (QED) is 0.153. The van der Waals surface area contributed by atoms with E-state index in [1.165, 1.54) is 9.80 Å². The minimum Gasteiger partial charge on any atom is -0.369 e. The van der Waals surface area contributed by atoms with Crippen LogP contribution in [0.1, 0.15) is 71.9 Å². The van der Waals surface area contributed by atoms with Gasteiger partial charge in [-0.2, -0.15) is 0 Å². The van der Waals surface area contributed by atoms with Crippen molar-refractivity contribution in [3.8, 4) is 22.3 Å². The van der Waals surface area contributed by atoms with E-state index in [9.17, 15) is 19.2 Å². The lowest BCUT2D eigenvalue weighted by atomic mass is 9.72. The molecule has 4 aliphatic rings. The molecular weight excluding hydrogens is 824 g/mol. The van der Waals surface area contributed by atoms with Crippen LogP contribution in [0.4, 0.5) is 0 Å². The smallest absolute Gasteiger partial charge is 0.261 e. The van der Waals surface area contributed by atoms with Gasteiger partial charge in [-0.25, -0.2) is 9.98 Å². The fourth-order valence-electron chi connectivity index (χ4n) is 8.96. The van der Waals surface area contributed by atoms with E-state index in [0.717, 1.165) is 59.3 Å². The van der Waals surface area contributed by atoms with Gasteiger partial charge in [0.25, 0.3) is 11.8 Å². The minimum atomic E-state index is -1.05. The zero-order valence-electron chi connectivity index (χ0n) is 37.3. The highest BCUT2D eigenvalue weighted by Gasteiger charge is 2.55. The Kier molecular flexibility index (Phi) is 16.3. The first kappa shape index (κ1) is 49.2. The molecule has 5 N–H and O–H groups in total. The SMILES string of the molecule is C.CC(C)C(=O)Cl.CC(C)C(=O)N1CCC(C2(c3cccc(-c4ccccc4)c3)N=C(N)N(C)C2=O)CC1.CN1C(=O)C(c2cccc(-c3ccccc3)c2)(C2CCNCC2)N=C1N. The molecule has 4 aliphatic heterocycles. The fourth-order valence-corrected chi connectivity index (χ4v) is 8.96. The number of amides is 3. The summed E-state index contributed by atoms with van der Waals surface area (Å²) < 4.78 is 0. The third-order valence-corrected chi connectivity index (χ3v) is 13.1. The molecule has 0 saturated carbocycles. The summed E-state index contributed by atoms with van der Waals surface area (Å²) in [5.41, 5.74) is 16.4. The number of guanidine groups is 2. The van der Waals surface area contributed by atoms with Crippen molar-refractivity contribution in [2.45, 2.75) is 71.9 Å². The van der Waals surface area contributed by atoms with Gasteiger partial charge in [0, 0.05) is 44.9 Å². The summed E-state index contributed by atoms with van der Waals surface area (Å²) in [6.45, 7) is 10.4. The number of halogens is 1. The highest BCUT2D eigenvalue weighted by molar-refractivity contribution is 6.63. The maximum absolute atomic E-state index is 13.6. The van der Waals surface area contributed by atoms with E-state index in [0.29, 0.717) is 31.9 Å². The van der Waals surface area contributed by atoms with Gasteiger partial charge in [0.1, 0.15) is 0 Å². The molecule has 0 spiro atoms. The Morgan fingerprint density at radius 1 is 0.625 bits per heavy atom. The van der Waals surface area contributed by atoms with Gasteiger partial charge in [-0.3, -0.25) is 29.0 Å². The molecule has 340 valence electrons. The van der Waals surface area contributed by atoms with E-state index in [1.807, 2.05) is 85.5 Å². The van der Waals surface area contributed by atoms with Crippen molar-refractivity contribution in [3.05, 3.63) is 120 Å². The monoisotopic (exact) mass is 888 g/mol. The Morgan fingerprint density at radius 2 is 1.00 bits per heavy atom. The zero-order chi connectivity index (χ0) is 45.5. The van der Waals surface area contributed by atoms with Crippen molar-refractivity contribution in [3.63, 3.8) is 0 Å². The van der Waals surface area contributed by atoms with Crippen LogP contribution in [-0.4, -0.2) is 89.9 Å². The molecule has 0 aromatic heterocycles. The molecule has 0 radical (unpaired) electrons. The number of likely N-dealkylation sites (tertiary alicyclic amines) is 1. The van der Waals surface area contributed by atoms with Gasteiger partial charge in [-0.05, 0) is 102 Å². The molecular formula is C51H65ClN8O4. The Labute approximate surface area is 384 Å². The summed E-state index contributed by atoms with van der Waals surface area (Å²) in [5, 5.41) is 3.11. The molecule has 2 unspecified atom stereocenters. The number of carbonyl (C=O) groups excluding carboxylic acids is 4. The van der Waals surface area contributed by atoms with Crippen LogP contribution in [0.2, 0.25) is 0 Å². The van der Waals surface area contributed by atoms with Crippen molar-refractivity contribution in [1.29, 1.82) is 0 Å². The fraction of sp³-hybridized carbons (Fsp3) is 0.412. The number of hydrogen-bond acceptors (Lipinski definition) is 9. The Balaban J connectivity index is 0.000000213. The Bertz CT molecular complexity index is 2320. The predicted octanol–water partition coefficient (Wildman–Crippen LogP) is 7.61. The summed E-state index contributed by atoms with van der Waals surface area (Å²) in [6.07, 6.45) is 3.24. The molecule has 4 heterocycles. The molecule has 13 heteroatoms. The molecule has 4 aromatic carbocycles. The van der Waals surface area contributed by atoms with Gasteiger partial charge in [-0.1, -0.05) is 132 Å². The lowest BCUT2D eigenvalue weighted by Gasteiger charge is -2.40. The van der Waals surface area contributed by atoms with Crippen LogP contribution < -0.4 is 16.8 Å². The first-order valence-corrected chi connectivity index (χ1v) is 22.3. The molecule has 4 aromatic rings. The minimum absolute atomic E-state index is 0. The lowest BCUT2D eigenvalue weighted by molar-refractivity contribution is -0.138. The summed E-state index contributed by atoms with van der Waals surface area (Å²) >= 11 is 4.97. The number of aliphatic imine (C=N–C) groups is 2. The molecule has 8 rings (SSSR count). The Hall–Kier alpha value is -5.85. The van der Waals surface area contributed by atoms with Crippen LogP contribution in [0.25, 0.3) is 22.3 Å². The number of nitrogens with one attached hydrogen (secondary N) is 1. The number of rotatable bonds is 8. The Morgan fingerprint density at radius 3 is 1.34 bits per heavy atom. The van der Waals surface area contributed by atoms with E-state index >= 15 is 0 Å². The molecule has 3 amide bonds. The maximum atomic E-state index is 13.6. The molecule has 2 atom stereocenters. The summed E-state index contributed by atoms with van der Waals surface area (Å²) in [7, 11) is 3.40. The highest BCUT2D eigenvalue weighted by Crippen LogP contribution is 2.46. The summed E-state index contributed by atoms with van der Waals surface area (Å²) in [5.74, 6) is 0.672.